The molecule has 2 aromatic carbocycles. The Balaban J connectivity index is 1.40. The lowest BCUT2D eigenvalue weighted by Gasteiger charge is -2.34. The normalized spacial score (nSPS) is 18.9. The fourth-order valence-electron chi connectivity index (χ4n) is 3.53. The lowest BCUT2D eigenvalue weighted by atomic mass is 10.2. The maximum atomic E-state index is 13.1. The fourth-order valence-corrected chi connectivity index (χ4v) is 4.98. The molecule has 0 aromatic heterocycles. The Morgan fingerprint density at radius 3 is 2.62 bits per heavy atom. The van der Waals surface area contributed by atoms with E-state index in [9.17, 15) is 18.0 Å². The van der Waals surface area contributed by atoms with Gasteiger partial charge in [-0.3, -0.25) is 4.79 Å². The largest absolute Gasteiger partial charge is 0.497 e. The van der Waals surface area contributed by atoms with Crippen molar-refractivity contribution in [2.24, 2.45) is 0 Å². The standard InChI is InChI=1S/C21H24N4O6S/c1-14-20(26)23-18-13-17(6-7-19(18)31-14)32(28,29)25-10-8-24(9-11-25)21(27)22-15-4-3-5-16(12-15)30-2/h3-7,12-14H,8-11H2,1-2H3,(H,22,27)(H,23,26)/t14-/m1/s1. The Morgan fingerprint density at radius 1 is 1.16 bits per heavy atom. The molecule has 1 atom stereocenters. The van der Waals surface area contributed by atoms with Crippen LogP contribution in [0.3, 0.4) is 0 Å². The summed E-state index contributed by atoms with van der Waals surface area (Å²) < 4.78 is 38.2. The van der Waals surface area contributed by atoms with Crippen molar-refractivity contribution in [2.75, 3.05) is 43.9 Å². The van der Waals surface area contributed by atoms with E-state index in [4.69, 9.17) is 9.47 Å². The number of rotatable bonds is 4. The van der Waals surface area contributed by atoms with E-state index in [1.165, 1.54) is 22.5 Å². The van der Waals surface area contributed by atoms with Gasteiger partial charge in [0.2, 0.25) is 10.0 Å². The van der Waals surface area contributed by atoms with E-state index in [-0.39, 0.29) is 43.0 Å². The lowest BCUT2D eigenvalue weighted by Crippen LogP contribution is -2.51. The lowest BCUT2D eigenvalue weighted by molar-refractivity contribution is -0.122. The van der Waals surface area contributed by atoms with Gasteiger partial charge in [-0.15, -0.1) is 0 Å². The predicted octanol–water partition coefficient (Wildman–Crippen LogP) is 1.95. The molecule has 11 heteroatoms. The Hall–Kier alpha value is -3.31. The number of urea groups is 1. The molecule has 1 saturated heterocycles. The minimum Gasteiger partial charge on any atom is -0.497 e. The van der Waals surface area contributed by atoms with E-state index < -0.39 is 16.1 Å². The molecular formula is C21H24N4O6S. The minimum atomic E-state index is -3.79. The maximum absolute atomic E-state index is 13.1. The van der Waals surface area contributed by atoms with Crippen LogP contribution in [0.2, 0.25) is 0 Å². The number of hydrogen-bond donors (Lipinski definition) is 2. The number of ether oxygens (including phenoxy) is 2. The van der Waals surface area contributed by atoms with Crippen molar-refractivity contribution in [3.05, 3.63) is 42.5 Å². The summed E-state index contributed by atoms with van der Waals surface area (Å²) in [5, 5.41) is 5.46. The molecule has 0 unspecified atom stereocenters. The van der Waals surface area contributed by atoms with Gasteiger partial charge >= 0.3 is 6.03 Å². The van der Waals surface area contributed by atoms with Crippen LogP contribution < -0.4 is 20.1 Å². The molecule has 2 aliphatic heterocycles. The van der Waals surface area contributed by atoms with Gasteiger partial charge in [0.1, 0.15) is 11.5 Å². The Labute approximate surface area is 186 Å². The van der Waals surface area contributed by atoms with E-state index in [1.807, 2.05) is 0 Å². The van der Waals surface area contributed by atoms with E-state index in [2.05, 4.69) is 10.6 Å². The molecule has 32 heavy (non-hydrogen) atoms. The summed E-state index contributed by atoms with van der Waals surface area (Å²) >= 11 is 0. The van der Waals surface area contributed by atoms with Crippen LogP contribution in [0.4, 0.5) is 16.2 Å². The van der Waals surface area contributed by atoms with Gasteiger partial charge in [-0.25, -0.2) is 13.2 Å². The molecule has 0 radical (unpaired) electrons. The zero-order valence-electron chi connectivity index (χ0n) is 17.7. The quantitative estimate of drug-likeness (QED) is 0.720. The third-order valence-electron chi connectivity index (χ3n) is 5.37. The first-order valence-electron chi connectivity index (χ1n) is 10.1. The van der Waals surface area contributed by atoms with Crippen molar-refractivity contribution in [3.63, 3.8) is 0 Å². The first-order chi connectivity index (χ1) is 15.3. The third kappa shape index (κ3) is 4.34. The van der Waals surface area contributed by atoms with Crippen LogP contribution in [-0.4, -0.2) is 69.0 Å². The van der Waals surface area contributed by atoms with Crippen LogP contribution in [0.15, 0.2) is 47.4 Å². The number of benzene rings is 2. The molecule has 2 heterocycles. The number of nitrogens with one attached hydrogen (secondary N) is 2. The summed E-state index contributed by atoms with van der Waals surface area (Å²) in [6, 6.07) is 11.1. The average Bonchev–Trinajstić information content (AvgIpc) is 2.79. The maximum Gasteiger partial charge on any atom is 0.321 e. The predicted molar refractivity (Wildman–Crippen MR) is 118 cm³/mol. The highest BCUT2D eigenvalue weighted by atomic mass is 32.2. The van der Waals surface area contributed by atoms with Crippen LogP contribution in [-0.2, 0) is 14.8 Å². The SMILES string of the molecule is COc1cccc(NC(=O)N2CCN(S(=O)(=O)c3ccc4c(c3)NC(=O)[C@@H](C)O4)CC2)c1. The average molecular weight is 461 g/mol. The van der Waals surface area contributed by atoms with E-state index in [1.54, 1.807) is 43.2 Å². The van der Waals surface area contributed by atoms with Crippen molar-refractivity contribution < 1.29 is 27.5 Å². The van der Waals surface area contributed by atoms with Crippen molar-refractivity contribution in [1.29, 1.82) is 0 Å². The smallest absolute Gasteiger partial charge is 0.321 e. The highest BCUT2D eigenvalue weighted by Crippen LogP contribution is 2.33. The van der Waals surface area contributed by atoms with Gasteiger partial charge in [-0.2, -0.15) is 4.31 Å². The number of amides is 3. The number of fused-ring (bicyclic) bond motifs is 1. The number of nitrogens with zero attached hydrogens (tertiary/aromatic N) is 2. The number of methoxy groups -OCH3 is 1. The summed E-state index contributed by atoms with van der Waals surface area (Å²) in [5.41, 5.74) is 0.919. The van der Waals surface area contributed by atoms with Crippen molar-refractivity contribution in [2.45, 2.75) is 17.9 Å². The summed E-state index contributed by atoms with van der Waals surface area (Å²) in [5.74, 6) is 0.720. The van der Waals surface area contributed by atoms with E-state index in [0.29, 0.717) is 22.9 Å². The Bertz CT molecular complexity index is 1140. The second kappa shape index (κ2) is 8.67. The Kier molecular flexibility index (Phi) is 5.94. The van der Waals surface area contributed by atoms with Crippen LogP contribution >= 0.6 is 0 Å². The number of sulfonamides is 1. The molecule has 0 bridgehead atoms. The molecule has 4 rings (SSSR count). The number of anilines is 2. The highest BCUT2D eigenvalue weighted by Gasteiger charge is 2.32. The zero-order chi connectivity index (χ0) is 22.9. The molecule has 2 aliphatic rings. The van der Waals surface area contributed by atoms with Gasteiger partial charge in [-0.05, 0) is 37.3 Å². The highest BCUT2D eigenvalue weighted by molar-refractivity contribution is 7.89. The number of carbonyl (C=O) groups is 2. The van der Waals surface area contributed by atoms with Crippen LogP contribution in [0.25, 0.3) is 0 Å². The second-order valence-electron chi connectivity index (χ2n) is 7.46. The van der Waals surface area contributed by atoms with Crippen molar-refractivity contribution >= 4 is 33.3 Å². The summed E-state index contributed by atoms with van der Waals surface area (Å²) in [6.45, 7) is 2.43. The van der Waals surface area contributed by atoms with Crippen molar-refractivity contribution in [3.8, 4) is 11.5 Å². The Morgan fingerprint density at radius 2 is 1.91 bits per heavy atom. The zero-order valence-corrected chi connectivity index (χ0v) is 18.5. The molecule has 1 fully saturated rings. The molecule has 0 aliphatic carbocycles. The molecule has 170 valence electrons. The summed E-state index contributed by atoms with van der Waals surface area (Å²) in [7, 11) is -2.25. The first-order valence-corrected chi connectivity index (χ1v) is 11.5. The second-order valence-corrected chi connectivity index (χ2v) is 9.40. The minimum absolute atomic E-state index is 0.0592. The molecule has 3 amide bonds. The molecule has 2 N–H and O–H groups in total. The molecule has 10 nitrogen and oxygen atoms in total. The summed E-state index contributed by atoms with van der Waals surface area (Å²) in [6.07, 6.45) is -0.638. The molecule has 2 aromatic rings. The number of carbonyl (C=O) groups excluding carboxylic acids is 2. The van der Waals surface area contributed by atoms with Gasteiger partial charge in [0, 0.05) is 37.9 Å². The van der Waals surface area contributed by atoms with Crippen LogP contribution in [0.5, 0.6) is 11.5 Å². The van der Waals surface area contributed by atoms with Gasteiger partial charge in [0.05, 0.1) is 17.7 Å². The van der Waals surface area contributed by atoms with Crippen LogP contribution in [0, 0.1) is 0 Å². The number of hydrogen-bond acceptors (Lipinski definition) is 6. The first kappa shape index (κ1) is 21.9. The topological polar surface area (TPSA) is 117 Å². The van der Waals surface area contributed by atoms with E-state index >= 15 is 0 Å². The summed E-state index contributed by atoms with van der Waals surface area (Å²) in [4.78, 5) is 26.0. The van der Waals surface area contributed by atoms with Gasteiger partial charge < -0.3 is 25.0 Å². The van der Waals surface area contributed by atoms with Gasteiger partial charge in [-0.1, -0.05) is 6.07 Å². The molecule has 0 spiro atoms. The van der Waals surface area contributed by atoms with Gasteiger partial charge in [0.15, 0.2) is 6.10 Å². The number of piperazine rings is 1. The van der Waals surface area contributed by atoms with Gasteiger partial charge in [0.25, 0.3) is 5.91 Å². The third-order valence-corrected chi connectivity index (χ3v) is 7.26. The monoisotopic (exact) mass is 460 g/mol. The fraction of sp³-hybridized carbons (Fsp3) is 0.333. The van der Waals surface area contributed by atoms with Crippen molar-refractivity contribution in [1.82, 2.24) is 9.21 Å². The van der Waals surface area contributed by atoms with E-state index in [0.717, 1.165) is 0 Å². The van der Waals surface area contributed by atoms with Crippen LogP contribution in [0.1, 0.15) is 6.92 Å². The molecular weight excluding hydrogens is 436 g/mol. The molecule has 0 saturated carbocycles.